The maximum atomic E-state index is 12.7. The summed E-state index contributed by atoms with van der Waals surface area (Å²) in [5.74, 6) is 5.91. The SMILES string of the molecule is Cc1ccc(S(=O)(=O)N2CCC2)cc1C#Cc1cc(Cl)ccc1OCC(=O)OC(C)(C)C. The summed E-state index contributed by atoms with van der Waals surface area (Å²) >= 11 is 6.12. The van der Waals surface area contributed by atoms with Crippen LogP contribution in [0.5, 0.6) is 5.75 Å². The number of sulfonamides is 1. The van der Waals surface area contributed by atoms with E-state index in [1.807, 2.05) is 6.92 Å². The van der Waals surface area contributed by atoms with Crippen molar-refractivity contribution in [2.24, 2.45) is 0 Å². The Labute approximate surface area is 194 Å². The van der Waals surface area contributed by atoms with Crippen LogP contribution in [-0.2, 0) is 19.6 Å². The van der Waals surface area contributed by atoms with Crippen LogP contribution in [0.2, 0.25) is 5.02 Å². The zero-order valence-electron chi connectivity index (χ0n) is 18.6. The third-order valence-corrected chi connectivity index (χ3v) is 6.83. The first-order chi connectivity index (χ1) is 15.0. The molecule has 2 aromatic rings. The van der Waals surface area contributed by atoms with Gasteiger partial charge in [-0.3, -0.25) is 0 Å². The van der Waals surface area contributed by atoms with E-state index in [4.69, 9.17) is 21.1 Å². The van der Waals surface area contributed by atoms with Crippen LogP contribution >= 0.6 is 11.6 Å². The number of benzene rings is 2. The topological polar surface area (TPSA) is 72.9 Å². The summed E-state index contributed by atoms with van der Waals surface area (Å²) < 4.78 is 37.7. The van der Waals surface area contributed by atoms with E-state index in [0.717, 1.165) is 12.0 Å². The summed E-state index contributed by atoms with van der Waals surface area (Å²) in [5, 5.41) is 0.463. The van der Waals surface area contributed by atoms with Crippen molar-refractivity contribution in [3.8, 4) is 17.6 Å². The number of carbonyl (C=O) groups excluding carboxylic acids is 1. The van der Waals surface area contributed by atoms with Gasteiger partial charge in [-0.25, -0.2) is 13.2 Å². The lowest BCUT2D eigenvalue weighted by atomic mass is 10.1. The maximum absolute atomic E-state index is 12.7. The van der Waals surface area contributed by atoms with Gasteiger partial charge in [-0.1, -0.05) is 29.5 Å². The van der Waals surface area contributed by atoms with Crippen LogP contribution < -0.4 is 4.74 Å². The molecule has 1 aliphatic rings. The molecule has 1 heterocycles. The van der Waals surface area contributed by atoms with E-state index in [2.05, 4.69) is 11.8 Å². The van der Waals surface area contributed by atoms with Gasteiger partial charge in [-0.2, -0.15) is 4.31 Å². The van der Waals surface area contributed by atoms with E-state index in [-0.39, 0.29) is 11.5 Å². The molecule has 0 radical (unpaired) electrons. The fourth-order valence-electron chi connectivity index (χ4n) is 2.94. The number of hydrogen-bond donors (Lipinski definition) is 0. The average Bonchev–Trinajstić information content (AvgIpc) is 2.63. The average molecular weight is 476 g/mol. The Balaban J connectivity index is 1.86. The molecular weight excluding hydrogens is 450 g/mol. The van der Waals surface area contributed by atoms with Gasteiger partial charge < -0.3 is 9.47 Å². The number of halogens is 1. The van der Waals surface area contributed by atoms with E-state index < -0.39 is 21.6 Å². The van der Waals surface area contributed by atoms with Crippen LogP contribution in [-0.4, -0.2) is 44.0 Å². The summed E-state index contributed by atoms with van der Waals surface area (Å²) in [5.41, 5.74) is 1.31. The number of aryl methyl sites for hydroxylation is 1. The predicted molar refractivity (Wildman–Crippen MR) is 123 cm³/mol. The highest BCUT2D eigenvalue weighted by atomic mass is 35.5. The van der Waals surface area contributed by atoms with Gasteiger partial charge in [0.25, 0.3) is 0 Å². The van der Waals surface area contributed by atoms with E-state index >= 15 is 0 Å². The Morgan fingerprint density at radius 2 is 1.78 bits per heavy atom. The lowest BCUT2D eigenvalue weighted by Crippen LogP contribution is -2.41. The number of ether oxygens (including phenoxy) is 2. The van der Waals surface area contributed by atoms with Crippen LogP contribution in [0.4, 0.5) is 0 Å². The second kappa shape index (κ2) is 9.53. The van der Waals surface area contributed by atoms with E-state index in [0.29, 0.717) is 35.0 Å². The molecule has 6 nitrogen and oxygen atoms in total. The zero-order chi connectivity index (χ0) is 23.5. The number of rotatable bonds is 5. The van der Waals surface area contributed by atoms with Gasteiger partial charge in [-0.15, -0.1) is 0 Å². The number of nitrogens with zero attached hydrogens (tertiary/aromatic N) is 1. The van der Waals surface area contributed by atoms with Crippen molar-refractivity contribution in [3.05, 3.63) is 58.1 Å². The Morgan fingerprint density at radius 3 is 2.41 bits per heavy atom. The Kier molecular flexibility index (Phi) is 7.19. The molecule has 0 atom stereocenters. The van der Waals surface area contributed by atoms with Crippen LogP contribution in [0, 0.1) is 18.8 Å². The highest BCUT2D eigenvalue weighted by Crippen LogP contribution is 2.25. The van der Waals surface area contributed by atoms with Crippen molar-refractivity contribution < 1.29 is 22.7 Å². The molecule has 3 rings (SSSR count). The molecule has 2 aromatic carbocycles. The lowest BCUT2D eigenvalue weighted by Gasteiger charge is -2.29. The van der Waals surface area contributed by atoms with Crippen molar-refractivity contribution in [1.29, 1.82) is 0 Å². The molecule has 1 fully saturated rings. The second-order valence-electron chi connectivity index (χ2n) is 8.50. The van der Waals surface area contributed by atoms with E-state index in [9.17, 15) is 13.2 Å². The molecule has 0 saturated carbocycles. The molecule has 0 bridgehead atoms. The van der Waals surface area contributed by atoms with Gasteiger partial charge >= 0.3 is 5.97 Å². The van der Waals surface area contributed by atoms with Crippen molar-refractivity contribution in [3.63, 3.8) is 0 Å². The third-order valence-electron chi connectivity index (χ3n) is 4.70. The monoisotopic (exact) mass is 475 g/mol. The minimum absolute atomic E-state index is 0.222. The maximum Gasteiger partial charge on any atom is 0.344 e. The Bertz CT molecular complexity index is 1190. The predicted octanol–water partition coefficient (Wildman–Crippen LogP) is 4.16. The first kappa shape index (κ1) is 24.1. The number of carbonyl (C=O) groups is 1. The normalized spacial score (nSPS) is 14.2. The number of hydrogen-bond acceptors (Lipinski definition) is 5. The van der Waals surface area contributed by atoms with Gasteiger partial charge in [0.2, 0.25) is 10.0 Å². The highest BCUT2D eigenvalue weighted by Gasteiger charge is 2.29. The molecule has 0 N–H and O–H groups in total. The van der Waals surface area contributed by atoms with Crippen LogP contribution in [0.3, 0.4) is 0 Å². The second-order valence-corrected chi connectivity index (χ2v) is 10.9. The van der Waals surface area contributed by atoms with Crippen molar-refractivity contribution in [1.82, 2.24) is 4.31 Å². The van der Waals surface area contributed by atoms with Crippen molar-refractivity contribution >= 4 is 27.6 Å². The summed E-state index contributed by atoms with van der Waals surface area (Å²) in [6, 6.07) is 9.84. The molecule has 1 aliphatic heterocycles. The van der Waals surface area contributed by atoms with Crippen molar-refractivity contribution in [2.45, 2.75) is 44.6 Å². The van der Waals surface area contributed by atoms with Gasteiger partial charge in [0.1, 0.15) is 11.4 Å². The standard InChI is InChI=1S/C24H26ClNO5S/c1-17-6-10-21(32(28,29)26-12-5-13-26)15-18(17)7-8-19-14-20(25)9-11-22(19)30-16-23(27)31-24(2,3)4/h6,9-11,14-15H,5,12-13,16H2,1-4H3. The number of esters is 1. The molecule has 8 heteroatoms. The molecule has 0 spiro atoms. The molecule has 0 unspecified atom stereocenters. The van der Waals surface area contributed by atoms with Gasteiger partial charge in [-0.05, 0) is 70.0 Å². The molecule has 0 aromatic heterocycles. The van der Waals surface area contributed by atoms with E-state index in [1.165, 1.54) is 4.31 Å². The summed E-state index contributed by atoms with van der Waals surface area (Å²) in [6.07, 6.45) is 0.874. The lowest BCUT2D eigenvalue weighted by molar-refractivity contribution is -0.157. The van der Waals surface area contributed by atoms with Gasteiger partial charge in [0.05, 0.1) is 10.5 Å². The van der Waals surface area contributed by atoms with Crippen molar-refractivity contribution in [2.75, 3.05) is 19.7 Å². The van der Waals surface area contributed by atoms with Gasteiger partial charge in [0, 0.05) is 23.7 Å². The van der Waals surface area contributed by atoms with Crippen LogP contribution in [0.25, 0.3) is 0 Å². The zero-order valence-corrected chi connectivity index (χ0v) is 20.1. The molecule has 170 valence electrons. The third kappa shape index (κ3) is 6.04. The van der Waals surface area contributed by atoms with Crippen LogP contribution in [0.1, 0.15) is 43.9 Å². The molecule has 1 saturated heterocycles. The summed E-state index contributed by atoms with van der Waals surface area (Å²) in [6.45, 7) is 8.02. The quantitative estimate of drug-likeness (QED) is 0.479. The first-order valence-corrected chi connectivity index (χ1v) is 12.0. The molecular formula is C24H26ClNO5S. The Morgan fingerprint density at radius 1 is 1.09 bits per heavy atom. The van der Waals surface area contributed by atoms with Gasteiger partial charge in [0.15, 0.2) is 6.61 Å². The summed E-state index contributed by atoms with van der Waals surface area (Å²) in [4.78, 5) is 12.2. The largest absolute Gasteiger partial charge is 0.481 e. The minimum Gasteiger partial charge on any atom is -0.481 e. The molecule has 0 amide bonds. The first-order valence-electron chi connectivity index (χ1n) is 10.2. The molecule has 32 heavy (non-hydrogen) atoms. The summed E-state index contributed by atoms with van der Waals surface area (Å²) in [7, 11) is -3.50. The van der Waals surface area contributed by atoms with Crippen LogP contribution in [0.15, 0.2) is 41.3 Å². The fraction of sp³-hybridized carbons (Fsp3) is 0.375. The highest BCUT2D eigenvalue weighted by molar-refractivity contribution is 7.89. The van der Waals surface area contributed by atoms with E-state index in [1.54, 1.807) is 57.2 Å². The minimum atomic E-state index is -3.50. The smallest absolute Gasteiger partial charge is 0.344 e. The fourth-order valence-corrected chi connectivity index (χ4v) is 4.66. The molecule has 0 aliphatic carbocycles. The Hall–Kier alpha value is -2.53.